The maximum Gasteiger partial charge on any atom is 0.386 e. The molecule has 3 aromatic rings. The summed E-state index contributed by atoms with van der Waals surface area (Å²) in [5.41, 5.74) is 1.57. The molecule has 1 amide bonds. The fraction of sp³-hybridized carbons (Fsp3) is 0.452. The molecule has 1 aliphatic carbocycles. The second-order valence-corrected chi connectivity index (χ2v) is 9.30. The molecule has 1 saturated carbocycles. The largest absolute Gasteiger partial charge is 0.481 e. The summed E-state index contributed by atoms with van der Waals surface area (Å²) in [5.74, 6) is -0.885. The Labute approximate surface area is 250 Å². The third-order valence-electron chi connectivity index (χ3n) is 5.66. The third-order valence-corrected chi connectivity index (χ3v) is 5.66. The van der Waals surface area contributed by atoms with Crippen LogP contribution in [0.15, 0.2) is 66.9 Å². The molecule has 0 spiro atoms. The minimum absolute atomic E-state index is 0.0118. The van der Waals surface area contributed by atoms with Crippen LogP contribution in [0.2, 0.25) is 0 Å². The Hall–Kier alpha value is -3.93. The van der Waals surface area contributed by atoms with Gasteiger partial charge >= 0.3 is 6.18 Å². The van der Waals surface area contributed by atoms with E-state index in [0.717, 1.165) is 38.2 Å². The molecule has 12 heteroatoms. The lowest BCUT2D eigenvalue weighted by atomic mass is 9.92. The Kier molecular flexibility index (Phi) is 17.3. The van der Waals surface area contributed by atoms with Crippen LogP contribution < -0.4 is 10.1 Å². The lowest BCUT2D eigenvalue weighted by molar-refractivity contribution is -0.134. The molecule has 8 nitrogen and oxygen atoms in total. The molecule has 0 bridgehead atoms. The average molecular weight is 612 g/mol. The maximum absolute atomic E-state index is 13.8. The molecule has 2 atom stereocenters. The zero-order valence-electron chi connectivity index (χ0n) is 24.9. The first-order valence-corrected chi connectivity index (χ1v) is 14.0. The first kappa shape index (κ1) is 37.1. The van der Waals surface area contributed by atoms with Crippen molar-refractivity contribution >= 4 is 11.9 Å². The summed E-state index contributed by atoms with van der Waals surface area (Å²) in [6.07, 6.45) is 1.53. The van der Waals surface area contributed by atoms with Gasteiger partial charge in [-0.05, 0) is 24.5 Å². The van der Waals surface area contributed by atoms with E-state index in [-0.39, 0.29) is 43.9 Å². The molecule has 238 valence electrons. The van der Waals surface area contributed by atoms with Gasteiger partial charge < -0.3 is 19.9 Å². The molecular formula is C31H41F4N3O5. The van der Waals surface area contributed by atoms with Crippen molar-refractivity contribution in [1.29, 1.82) is 0 Å². The van der Waals surface area contributed by atoms with Gasteiger partial charge in [0.15, 0.2) is 0 Å². The summed E-state index contributed by atoms with van der Waals surface area (Å²) in [6, 6.07) is 18.1. The Morgan fingerprint density at radius 2 is 1.58 bits per heavy atom. The molecule has 0 radical (unpaired) electrons. The van der Waals surface area contributed by atoms with Gasteiger partial charge in [0.1, 0.15) is 19.0 Å². The normalized spacial score (nSPS) is 15.7. The van der Waals surface area contributed by atoms with Gasteiger partial charge in [0, 0.05) is 25.5 Å². The number of halogens is 4. The van der Waals surface area contributed by atoms with E-state index in [4.69, 9.17) is 19.4 Å². The molecule has 2 N–H and O–H groups in total. The van der Waals surface area contributed by atoms with E-state index >= 15 is 0 Å². The van der Waals surface area contributed by atoms with Crippen molar-refractivity contribution in [1.82, 2.24) is 15.1 Å². The average Bonchev–Trinajstić information content (AvgIpc) is 3.39. The first-order chi connectivity index (χ1) is 20.4. The molecule has 0 saturated heterocycles. The number of benzene rings is 2. The number of carboxylic acid groups (broad SMARTS) is 1. The van der Waals surface area contributed by atoms with Crippen LogP contribution in [0.5, 0.6) is 5.88 Å². The quantitative estimate of drug-likeness (QED) is 0.255. The predicted octanol–water partition coefficient (Wildman–Crippen LogP) is 6.93. The van der Waals surface area contributed by atoms with Crippen LogP contribution >= 0.6 is 0 Å². The third kappa shape index (κ3) is 16.9. The number of ether oxygens (including phenoxy) is 2. The zero-order valence-corrected chi connectivity index (χ0v) is 24.9. The maximum atomic E-state index is 13.8. The van der Waals surface area contributed by atoms with Gasteiger partial charge in [-0.3, -0.25) is 9.59 Å². The van der Waals surface area contributed by atoms with Gasteiger partial charge in [-0.25, -0.2) is 9.07 Å². The van der Waals surface area contributed by atoms with Gasteiger partial charge in [-0.15, -0.1) is 0 Å². The predicted molar refractivity (Wildman–Crippen MR) is 155 cm³/mol. The number of hydrogen-bond acceptors (Lipinski definition) is 5. The summed E-state index contributed by atoms with van der Waals surface area (Å²) in [7, 11) is 0. The number of carboxylic acids is 1. The van der Waals surface area contributed by atoms with Crippen molar-refractivity contribution in [2.24, 2.45) is 0 Å². The molecule has 0 aliphatic heterocycles. The zero-order chi connectivity index (χ0) is 32.3. The number of nitrogens with one attached hydrogen (secondary N) is 1. The van der Waals surface area contributed by atoms with Crippen molar-refractivity contribution < 1.29 is 41.7 Å². The molecule has 1 heterocycles. The van der Waals surface area contributed by atoms with Crippen molar-refractivity contribution in [2.75, 3.05) is 0 Å². The summed E-state index contributed by atoms with van der Waals surface area (Å²) in [5, 5.41) is 14.7. The molecule has 0 unspecified atom stereocenters. The second-order valence-electron chi connectivity index (χ2n) is 9.30. The number of alkyl halides is 3. The summed E-state index contributed by atoms with van der Waals surface area (Å²) < 4.78 is 58.2. The van der Waals surface area contributed by atoms with Gasteiger partial charge in [-0.2, -0.15) is 18.3 Å². The number of rotatable bonds is 9. The highest BCUT2D eigenvalue weighted by Gasteiger charge is 2.27. The molecular weight excluding hydrogens is 570 g/mol. The fourth-order valence-electron chi connectivity index (χ4n) is 3.96. The number of carbonyl (C=O) groups excluding carboxylic acids is 1. The summed E-state index contributed by atoms with van der Waals surface area (Å²) >= 11 is 0. The molecule has 1 aromatic heterocycles. The standard InChI is InChI=1S/C25H28FN3O3.C2H3F3.C2H4O2.C2H6/c26-21-11-5-4-10-20(21)18-32-25-14-15-27-29(25)16-24(30)28-22-12-6-7-13-23(22)31-17-19-8-2-1-3-9-19;1-2(3,4)5;1-2(3)4;1-2/h1-5,8-11,14-15,22-23H,6-7,12-13,16-18H2,(H,28,30);1H3;1H3,(H,3,4);1-2H3/t22-,23-;;;/m0.../s1. The lowest BCUT2D eigenvalue weighted by Crippen LogP contribution is -2.47. The van der Waals surface area contributed by atoms with Crippen molar-refractivity contribution in [2.45, 2.75) is 91.5 Å². The topological polar surface area (TPSA) is 103 Å². The molecule has 1 aliphatic rings. The summed E-state index contributed by atoms with van der Waals surface area (Å²) in [6.45, 7) is 5.90. The fourth-order valence-corrected chi connectivity index (χ4v) is 3.96. The van der Waals surface area contributed by atoms with Gasteiger partial charge in [0.25, 0.3) is 5.97 Å². The molecule has 1 fully saturated rings. The van der Waals surface area contributed by atoms with E-state index in [9.17, 15) is 22.4 Å². The molecule has 4 rings (SSSR count). The smallest absolute Gasteiger partial charge is 0.386 e. The van der Waals surface area contributed by atoms with E-state index in [0.29, 0.717) is 18.1 Å². The van der Waals surface area contributed by atoms with E-state index in [1.165, 1.54) is 10.7 Å². The highest BCUT2D eigenvalue weighted by molar-refractivity contribution is 5.76. The van der Waals surface area contributed by atoms with E-state index in [1.54, 1.807) is 30.5 Å². The number of hydrogen-bond donors (Lipinski definition) is 2. The molecule has 43 heavy (non-hydrogen) atoms. The highest BCUT2D eigenvalue weighted by atomic mass is 19.4. The van der Waals surface area contributed by atoms with Gasteiger partial charge in [0.05, 0.1) is 24.9 Å². The number of amides is 1. The second kappa shape index (κ2) is 20.1. The monoisotopic (exact) mass is 611 g/mol. The number of aromatic nitrogens is 2. The van der Waals surface area contributed by atoms with E-state index < -0.39 is 12.1 Å². The number of nitrogens with zero attached hydrogens (tertiary/aromatic N) is 2. The van der Waals surface area contributed by atoms with E-state index in [2.05, 4.69) is 10.4 Å². The highest BCUT2D eigenvalue weighted by Crippen LogP contribution is 2.23. The minimum Gasteiger partial charge on any atom is -0.481 e. The number of aliphatic carboxylic acids is 1. The molecule has 2 aromatic carbocycles. The van der Waals surface area contributed by atoms with E-state index in [1.807, 2.05) is 44.2 Å². The Bertz CT molecular complexity index is 1200. The van der Waals surface area contributed by atoms with Crippen LogP contribution in [0.4, 0.5) is 17.6 Å². The van der Waals surface area contributed by atoms with Crippen LogP contribution in [0.3, 0.4) is 0 Å². The Morgan fingerprint density at radius 3 is 2.21 bits per heavy atom. The minimum atomic E-state index is -4.00. The van der Waals surface area contributed by atoms with Crippen LogP contribution in [0, 0.1) is 5.82 Å². The van der Waals surface area contributed by atoms with Crippen LogP contribution in [-0.4, -0.2) is 45.1 Å². The Morgan fingerprint density at radius 1 is 1.00 bits per heavy atom. The van der Waals surface area contributed by atoms with Crippen molar-refractivity contribution in [3.05, 3.63) is 83.8 Å². The van der Waals surface area contributed by atoms with Crippen LogP contribution in [-0.2, 0) is 34.1 Å². The van der Waals surface area contributed by atoms with Crippen LogP contribution in [0.1, 0.15) is 64.5 Å². The van der Waals surface area contributed by atoms with Crippen molar-refractivity contribution in [3.8, 4) is 5.88 Å². The van der Waals surface area contributed by atoms with Gasteiger partial charge in [0.2, 0.25) is 11.8 Å². The number of carbonyl (C=O) groups is 2. The van der Waals surface area contributed by atoms with Gasteiger partial charge in [-0.1, -0.05) is 75.2 Å². The summed E-state index contributed by atoms with van der Waals surface area (Å²) in [4.78, 5) is 21.7. The SMILES string of the molecule is CC.CC(=O)O.CC(F)(F)F.O=C(Cn1nccc1OCc1ccccc1F)N[C@H]1CCCC[C@@H]1OCc1ccccc1. The Balaban J connectivity index is 0.000000729. The van der Waals surface area contributed by atoms with Crippen LogP contribution in [0.25, 0.3) is 0 Å². The lowest BCUT2D eigenvalue weighted by Gasteiger charge is -2.32. The van der Waals surface area contributed by atoms with Crippen molar-refractivity contribution in [3.63, 3.8) is 0 Å². The first-order valence-electron chi connectivity index (χ1n) is 14.0.